The zero-order chi connectivity index (χ0) is 34.1. The predicted octanol–water partition coefficient (Wildman–Crippen LogP) is 10.7. The molecule has 0 saturated heterocycles. The number of aromatic nitrogens is 6. The second-order valence-corrected chi connectivity index (χ2v) is 12.5. The van der Waals surface area contributed by atoms with Crippen LogP contribution >= 0.6 is 0 Å². The smallest absolute Gasteiger partial charge is 0.182 e. The Hall–Kier alpha value is -6.92. The van der Waals surface area contributed by atoms with Gasteiger partial charge in [0.1, 0.15) is 5.69 Å². The Labute approximate surface area is 295 Å². The zero-order valence-corrected chi connectivity index (χ0v) is 27.8. The third-order valence-electron chi connectivity index (χ3n) is 9.06. The SMILES string of the molecule is Cc1ccc2ccc3c(-c4ccc(-c5cccc(-c6nc(-c7ccccc7)nc(-c7ccccn7)n6)c5)cc4)cc(-c4ccccc4)nc3c2n1. The maximum atomic E-state index is 5.17. The minimum atomic E-state index is 0.534. The van der Waals surface area contributed by atoms with Gasteiger partial charge in [-0.2, -0.15) is 0 Å². The molecule has 6 nitrogen and oxygen atoms in total. The Morgan fingerprint density at radius 3 is 1.78 bits per heavy atom. The monoisotopic (exact) mass is 654 g/mol. The van der Waals surface area contributed by atoms with Gasteiger partial charge in [0.25, 0.3) is 0 Å². The lowest BCUT2D eigenvalue weighted by Crippen LogP contribution is -2.01. The van der Waals surface area contributed by atoms with Crippen molar-refractivity contribution in [2.75, 3.05) is 0 Å². The maximum absolute atomic E-state index is 5.17. The highest BCUT2D eigenvalue weighted by Crippen LogP contribution is 2.36. The van der Waals surface area contributed by atoms with Crippen molar-refractivity contribution in [3.05, 3.63) is 170 Å². The van der Waals surface area contributed by atoms with Crippen LogP contribution in [0.4, 0.5) is 0 Å². The van der Waals surface area contributed by atoms with E-state index in [0.717, 1.165) is 72.1 Å². The molecule has 0 fully saturated rings. The van der Waals surface area contributed by atoms with E-state index in [1.807, 2.05) is 91.9 Å². The molecule has 0 unspecified atom stereocenters. The highest BCUT2D eigenvalue weighted by Gasteiger charge is 2.16. The van der Waals surface area contributed by atoms with Gasteiger partial charge in [-0.05, 0) is 59.5 Å². The summed E-state index contributed by atoms with van der Waals surface area (Å²) in [6, 6.07) is 53.8. The van der Waals surface area contributed by atoms with Gasteiger partial charge < -0.3 is 0 Å². The summed E-state index contributed by atoms with van der Waals surface area (Å²) in [6.07, 6.45) is 1.75. The topological polar surface area (TPSA) is 77.3 Å². The Morgan fingerprint density at radius 2 is 1.02 bits per heavy atom. The fourth-order valence-corrected chi connectivity index (χ4v) is 6.48. The van der Waals surface area contributed by atoms with Gasteiger partial charge in [0.15, 0.2) is 17.5 Å². The van der Waals surface area contributed by atoms with Crippen LogP contribution in [0.3, 0.4) is 0 Å². The minimum Gasteiger partial charge on any atom is -0.253 e. The summed E-state index contributed by atoms with van der Waals surface area (Å²) in [4.78, 5) is 29.2. The van der Waals surface area contributed by atoms with Crippen LogP contribution in [-0.2, 0) is 0 Å². The van der Waals surface area contributed by atoms with Gasteiger partial charge in [0.05, 0.1) is 16.7 Å². The standard InChI is InChI=1S/C45H30N6/c1-29-18-19-33-24-25-37-38(28-40(32-11-4-2-5-12-32)48-42(37)41(33)47-29)31-22-20-30(21-23-31)35-15-10-16-36(27-35)44-49-43(34-13-6-3-7-14-34)50-45(51-44)39-17-8-9-26-46-39/h2-28H,1H3. The fraction of sp³-hybridized carbons (Fsp3) is 0.0222. The molecule has 4 aromatic heterocycles. The highest BCUT2D eigenvalue weighted by atomic mass is 15.0. The van der Waals surface area contributed by atoms with E-state index < -0.39 is 0 Å². The van der Waals surface area contributed by atoms with Gasteiger partial charge in [0, 0.05) is 39.4 Å². The van der Waals surface area contributed by atoms with E-state index in [9.17, 15) is 0 Å². The average molecular weight is 655 g/mol. The number of rotatable bonds is 6. The Bertz CT molecular complexity index is 2620. The molecule has 51 heavy (non-hydrogen) atoms. The molecule has 0 aliphatic rings. The quantitative estimate of drug-likeness (QED) is 0.166. The lowest BCUT2D eigenvalue weighted by molar-refractivity contribution is 1.06. The molecule has 6 heteroatoms. The van der Waals surface area contributed by atoms with Crippen molar-refractivity contribution in [3.8, 4) is 67.8 Å². The van der Waals surface area contributed by atoms with Gasteiger partial charge in [-0.25, -0.2) is 19.9 Å². The van der Waals surface area contributed by atoms with E-state index in [4.69, 9.17) is 24.9 Å². The van der Waals surface area contributed by atoms with Crippen LogP contribution in [0.1, 0.15) is 5.69 Å². The van der Waals surface area contributed by atoms with Gasteiger partial charge in [-0.15, -0.1) is 0 Å². The highest BCUT2D eigenvalue weighted by molar-refractivity contribution is 6.09. The summed E-state index contributed by atoms with van der Waals surface area (Å²) >= 11 is 0. The second kappa shape index (κ2) is 12.8. The van der Waals surface area contributed by atoms with Crippen LogP contribution in [0.25, 0.3) is 89.6 Å². The van der Waals surface area contributed by atoms with Crippen molar-refractivity contribution >= 4 is 21.8 Å². The summed E-state index contributed by atoms with van der Waals surface area (Å²) in [5, 5.41) is 2.15. The number of aryl methyl sites for hydroxylation is 1. The molecule has 0 radical (unpaired) electrons. The van der Waals surface area contributed by atoms with Crippen molar-refractivity contribution in [3.63, 3.8) is 0 Å². The third kappa shape index (κ3) is 5.89. The van der Waals surface area contributed by atoms with Gasteiger partial charge in [0.2, 0.25) is 0 Å². The first-order valence-corrected chi connectivity index (χ1v) is 16.9. The summed E-state index contributed by atoms with van der Waals surface area (Å²) in [5.41, 5.74) is 11.7. The molecule has 240 valence electrons. The van der Waals surface area contributed by atoms with E-state index in [0.29, 0.717) is 23.2 Å². The summed E-state index contributed by atoms with van der Waals surface area (Å²) < 4.78 is 0. The molecular formula is C45H30N6. The van der Waals surface area contributed by atoms with Crippen molar-refractivity contribution in [1.82, 2.24) is 29.9 Å². The molecule has 0 atom stereocenters. The van der Waals surface area contributed by atoms with E-state index in [-0.39, 0.29) is 0 Å². The number of fused-ring (bicyclic) bond motifs is 3. The normalized spacial score (nSPS) is 11.2. The summed E-state index contributed by atoms with van der Waals surface area (Å²) in [7, 11) is 0. The number of benzene rings is 5. The van der Waals surface area contributed by atoms with Crippen LogP contribution in [0.5, 0.6) is 0 Å². The second-order valence-electron chi connectivity index (χ2n) is 12.5. The van der Waals surface area contributed by atoms with Gasteiger partial charge >= 0.3 is 0 Å². The average Bonchev–Trinajstić information content (AvgIpc) is 3.21. The third-order valence-corrected chi connectivity index (χ3v) is 9.06. The van der Waals surface area contributed by atoms with Crippen molar-refractivity contribution in [2.45, 2.75) is 6.92 Å². The van der Waals surface area contributed by atoms with Crippen molar-refractivity contribution < 1.29 is 0 Å². The minimum absolute atomic E-state index is 0.534. The lowest BCUT2D eigenvalue weighted by Gasteiger charge is -2.13. The van der Waals surface area contributed by atoms with E-state index in [1.54, 1.807) is 6.20 Å². The molecule has 0 bridgehead atoms. The molecule has 0 N–H and O–H groups in total. The maximum Gasteiger partial charge on any atom is 0.182 e. The lowest BCUT2D eigenvalue weighted by atomic mass is 9.95. The molecule has 4 heterocycles. The molecule has 5 aromatic carbocycles. The van der Waals surface area contributed by atoms with Crippen LogP contribution in [0, 0.1) is 6.92 Å². The van der Waals surface area contributed by atoms with Crippen molar-refractivity contribution in [1.29, 1.82) is 0 Å². The molecule has 0 spiro atoms. The van der Waals surface area contributed by atoms with Crippen LogP contribution < -0.4 is 0 Å². The fourth-order valence-electron chi connectivity index (χ4n) is 6.48. The zero-order valence-electron chi connectivity index (χ0n) is 27.8. The predicted molar refractivity (Wildman–Crippen MR) is 206 cm³/mol. The van der Waals surface area contributed by atoms with E-state index in [1.165, 1.54) is 0 Å². The van der Waals surface area contributed by atoms with Gasteiger partial charge in [-0.1, -0.05) is 127 Å². The first-order chi connectivity index (χ1) is 25.2. The number of hydrogen-bond acceptors (Lipinski definition) is 6. The molecule has 0 amide bonds. The largest absolute Gasteiger partial charge is 0.253 e. The molecule has 9 aromatic rings. The molecule has 0 aliphatic carbocycles. The first kappa shape index (κ1) is 30.2. The number of nitrogens with zero attached hydrogens (tertiary/aromatic N) is 6. The summed E-state index contributed by atoms with van der Waals surface area (Å²) in [6.45, 7) is 2.02. The van der Waals surface area contributed by atoms with Crippen LogP contribution in [-0.4, -0.2) is 29.9 Å². The van der Waals surface area contributed by atoms with Crippen molar-refractivity contribution in [2.24, 2.45) is 0 Å². The van der Waals surface area contributed by atoms with E-state index >= 15 is 0 Å². The molecular weight excluding hydrogens is 625 g/mol. The number of pyridine rings is 3. The van der Waals surface area contributed by atoms with E-state index in [2.05, 4.69) is 77.8 Å². The molecule has 0 saturated carbocycles. The summed E-state index contributed by atoms with van der Waals surface area (Å²) in [5.74, 6) is 1.73. The number of hydrogen-bond donors (Lipinski definition) is 0. The molecule has 9 rings (SSSR count). The van der Waals surface area contributed by atoms with Gasteiger partial charge in [-0.3, -0.25) is 9.97 Å². The Balaban J connectivity index is 1.13. The van der Waals surface area contributed by atoms with Crippen LogP contribution in [0.2, 0.25) is 0 Å². The van der Waals surface area contributed by atoms with Crippen LogP contribution in [0.15, 0.2) is 164 Å². The Morgan fingerprint density at radius 1 is 0.373 bits per heavy atom. The molecule has 0 aliphatic heterocycles. The Kier molecular flexibility index (Phi) is 7.59. The first-order valence-electron chi connectivity index (χ1n) is 16.9.